The van der Waals surface area contributed by atoms with Crippen molar-refractivity contribution in [2.45, 2.75) is 12.8 Å². The maximum Gasteiger partial charge on any atom is 0.246 e. The predicted octanol–water partition coefficient (Wildman–Crippen LogP) is 1.47. The van der Waals surface area contributed by atoms with E-state index in [-0.39, 0.29) is 5.91 Å². The fourth-order valence-electron chi connectivity index (χ4n) is 3.06. The van der Waals surface area contributed by atoms with Crippen LogP contribution in [0, 0.1) is 5.92 Å². The number of carbonyl (C=O) groups excluding carboxylic acids is 1. The quantitative estimate of drug-likeness (QED) is 0.873. The molecule has 2 aliphatic rings. The van der Waals surface area contributed by atoms with Crippen molar-refractivity contribution in [1.82, 2.24) is 5.32 Å². The summed E-state index contributed by atoms with van der Waals surface area (Å²) in [6, 6.07) is 8.19. The van der Waals surface area contributed by atoms with Crippen LogP contribution in [-0.4, -0.2) is 39.1 Å². The molecule has 1 atom stereocenters. The average molecular weight is 259 g/mol. The van der Waals surface area contributed by atoms with E-state index in [1.807, 2.05) is 19.2 Å². The Morgan fingerprint density at radius 2 is 2.11 bits per heavy atom. The Balaban J connectivity index is 1.81. The van der Waals surface area contributed by atoms with Gasteiger partial charge in [-0.2, -0.15) is 0 Å². The number of nitrogens with one attached hydrogen (secondary N) is 1. The Morgan fingerprint density at radius 3 is 2.84 bits per heavy atom. The smallest absolute Gasteiger partial charge is 0.246 e. The van der Waals surface area contributed by atoms with Gasteiger partial charge >= 0.3 is 0 Å². The van der Waals surface area contributed by atoms with E-state index in [1.54, 1.807) is 4.90 Å². The summed E-state index contributed by atoms with van der Waals surface area (Å²) in [7, 11) is 1.86. The van der Waals surface area contributed by atoms with E-state index in [4.69, 9.17) is 0 Å². The second-order valence-corrected chi connectivity index (χ2v) is 5.53. The summed E-state index contributed by atoms with van der Waals surface area (Å²) in [5, 5.41) is 3.45. The molecule has 19 heavy (non-hydrogen) atoms. The number of para-hydroxylation sites is 2. The van der Waals surface area contributed by atoms with Crippen molar-refractivity contribution in [3.05, 3.63) is 24.3 Å². The molecule has 1 aromatic rings. The van der Waals surface area contributed by atoms with Crippen LogP contribution in [0.25, 0.3) is 0 Å². The minimum absolute atomic E-state index is 0.183. The van der Waals surface area contributed by atoms with Gasteiger partial charge in [0.25, 0.3) is 0 Å². The van der Waals surface area contributed by atoms with Gasteiger partial charge in [0.1, 0.15) is 0 Å². The number of hydrogen-bond acceptors (Lipinski definition) is 3. The third-order valence-corrected chi connectivity index (χ3v) is 4.16. The van der Waals surface area contributed by atoms with Crippen molar-refractivity contribution in [1.29, 1.82) is 0 Å². The number of amides is 1. The van der Waals surface area contributed by atoms with Crippen molar-refractivity contribution in [3.8, 4) is 0 Å². The number of hydrogen-bond donors (Lipinski definition) is 1. The van der Waals surface area contributed by atoms with Crippen LogP contribution in [0.5, 0.6) is 0 Å². The van der Waals surface area contributed by atoms with E-state index in [0.29, 0.717) is 12.5 Å². The van der Waals surface area contributed by atoms with Gasteiger partial charge in [-0.15, -0.1) is 0 Å². The predicted molar refractivity (Wildman–Crippen MR) is 77.7 cm³/mol. The van der Waals surface area contributed by atoms with Gasteiger partial charge in [-0.1, -0.05) is 12.1 Å². The Morgan fingerprint density at radius 1 is 1.32 bits per heavy atom. The van der Waals surface area contributed by atoms with Crippen molar-refractivity contribution in [2.75, 3.05) is 43.0 Å². The highest BCUT2D eigenvalue weighted by atomic mass is 16.2. The first-order valence-electron chi connectivity index (χ1n) is 7.07. The van der Waals surface area contributed by atoms with Crippen molar-refractivity contribution < 1.29 is 4.79 Å². The lowest BCUT2D eigenvalue weighted by atomic mass is 9.98. The van der Waals surface area contributed by atoms with Gasteiger partial charge < -0.3 is 15.1 Å². The van der Waals surface area contributed by atoms with Crippen LogP contribution in [0.3, 0.4) is 0 Å². The minimum atomic E-state index is 0.183. The summed E-state index contributed by atoms with van der Waals surface area (Å²) < 4.78 is 0. The maximum atomic E-state index is 12.1. The molecule has 1 saturated heterocycles. The van der Waals surface area contributed by atoms with Crippen LogP contribution >= 0.6 is 0 Å². The SMILES string of the molecule is CN1C(=O)CN(CC2CCCNC2)c2ccccc21. The lowest BCUT2D eigenvalue weighted by Crippen LogP contribution is -2.47. The Hall–Kier alpha value is -1.55. The monoisotopic (exact) mass is 259 g/mol. The topological polar surface area (TPSA) is 35.6 Å². The van der Waals surface area contributed by atoms with Crippen LogP contribution in [0.4, 0.5) is 11.4 Å². The zero-order valence-corrected chi connectivity index (χ0v) is 11.4. The van der Waals surface area contributed by atoms with Crippen LogP contribution in [0.1, 0.15) is 12.8 Å². The van der Waals surface area contributed by atoms with E-state index in [1.165, 1.54) is 18.5 Å². The number of carbonyl (C=O) groups is 1. The number of likely N-dealkylation sites (N-methyl/N-ethyl adjacent to an activating group) is 1. The lowest BCUT2D eigenvalue weighted by molar-refractivity contribution is -0.117. The molecule has 0 radical (unpaired) electrons. The molecule has 0 aliphatic carbocycles. The first kappa shape index (κ1) is 12.5. The van der Waals surface area contributed by atoms with Crippen LogP contribution in [0.2, 0.25) is 0 Å². The molecule has 0 saturated carbocycles. The van der Waals surface area contributed by atoms with Crippen LogP contribution < -0.4 is 15.1 Å². The molecule has 1 N–H and O–H groups in total. The molecule has 4 heteroatoms. The van der Waals surface area contributed by atoms with E-state index in [2.05, 4.69) is 22.3 Å². The van der Waals surface area contributed by atoms with Gasteiger partial charge in [0.05, 0.1) is 17.9 Å². The zero-order chi connectivity index (χ0) is 13.2. The molecule has 1 amide bonds. The molecule has 1 aromatic carbocycles. The third kappa shape index (κ3) is 2.45. The first-order valence-corrected chi connectivity index (χ1v) is 7.07. The average Bonchev–Trinajstić information content (AvgIpc) is 2.46. The number of rotatable bonds is 2. The largest absolute Gasteiger partial charge is 0.360 e. The summed E-state index contributed by atoms with van der Waals surface area (Å²) in [6.45, 7) is 3.69. The van der Waals surface area contributed by atoms with E-state index in [9.17, 15) is 4.79 Å². The van der Waals surface area contributed by atoms with Gasteiger partial charge in [-0.3, -0.25) is 4.79 Å². The van der Waals surface area contributed by atoms with E-state index in [0.717, 1.165) is 25.3 Å². The van der Waals surface area contributed by atoms with Crippen molar-refractivity contribution in [3.63, 3.8) is 0 Å². The molecule has 4 nitrogen and oxygen atoms in total. The molecule has 0 spiro atoms. The number of piperidine rings is 1. The molecular weight excluding hydrogens is 238 g/mol. The molecule has 0 aromatic heterocycles. The summed E-state index contributed by atoms with van der Waals surface area (Å²) >= 11 is 0. The standard InChI is InChI=1S/C15H21N3O/c1-17-13-6-2-3-7-14(13)18(11-15(17)19)10-12-5-4-8-16-9-12/h2-3,6-7,12,16H,4-5,8-11H2,1H3. The number of anilines is 2. The maximum absolute atomic E-state index is 12.1. The third-order valence-electron chi connectivity index (χ3n) is 4.16. The van der Waals surface area contributed by atoms with Gasteiger partial charge in [0.15, 0.2) is 0 Å². The van der Waals surface area contributed by atoms with Crippen molar-refractivity contribution >= 4 is 17.3 Å². The number of nitrogens with zero attached hydrogens (tertiary/aromatic N) is 2. The highest BCUT2D eigenvalue weighted by molar-refractivity contribution is 6.02. The van der Waals surface area contributed by atoms with Gasteiger partial charge in [-0.25, -0.2) is 0 Å². The summed E-state index contributed by atoms with van der Waals surface area (Å²) in [6.07, 6.45) is 2.50. The Bertz CT molecular complexity index is 468. The fourth-order valence-corrected chi connectivity index (χ4v) is 3.06. The normalized spacial score (nSPS) is 23.4. The highest BCUT2D eigenvalue weighted by Gasteiger charge is 2.28. The van der Waals surface area contributed by atoms with E-state index < -0.39 is 0 Å². The Labute approximate surface area is 114 Å². The zero-order valence-electron chi connectivity index (χ0n) is 11.4. The number of benzene rings is 1. The summed E-state index contributed by atoms with van der Waals surface area (Å²) in [4.78, 5) is 16.1. The lowest BCUT2D eigenvalue weighted by Gasteiger charge is -2.38. The fraction of sp³-hybridized carbons (Fsp3) is 0.533. The minimum Gasteiger partial charge on any atom is -0.360 e. The van der Waals surface area contributed by atoms with Crippen LogP contribution in [-0.2, 0) is 4.79 Å². The molecule has 1 fully saturated rings. The molecule has 3 rings (SSSR count). The van der Waals surface area contributed by atoms with Gasteiger partial charge in [0, 0.05) is 13.6 Å². The first-order chi connectivity index (χ1) is 9.25. The van der Waals surface area contributed by atoms with E-state index >= 15 is 0 Å². The highest BCUT2D eigenvalue weighted by Crippen LogP contribution is 2.33. The molecule has 2 heterocycles. The van der Waals surface area contributed by atoms with Crippen LogP contribution in [0.15, 0.2) is 24.3 Å². The molecular formula is C15H21N3O. The molecule has 2 aliphatic heterocycles. The number of fused-ring (bicyclic) bond motifs is 1. The van der Waals surface area contributed by atoms with Gasteiger partial charge in [0.2, 0.25) is 5.91 Å². The van der Waals surface area contributed by atoms with Crippen molar-refractivity contribution in [2.24, 2.45) is 5.92 Å². The molecule has 102 valence electrons. The second kappa shape index (κ2) is 5.21. The Kier molecular flexibility index (Phi) is 3.42. The molecule has 0 bridgehead atoms. The summed E-state index contributed by atoms with van der Waals surface area (Å²) in [5.41, 5.74) is 2.22. The molecule has 1 unspecified atom stereocenters. The summed E-state index contributed by atoms with van der Waals surface area (Å²) in [5.74, 6) is 0.834. The van der Waals surface area contributed by atoms with Gasteiger partial charge in [-0.05, 0) is 44.0 Å². The second-order valence-electron chi connectivity index (χ2n) is 5.53.